The number of hydrogen-bond donors (Lipinski definition) is 0. The summed E-state index contributed by atoms with van der Waals surface area (Å²) in [6.07, 6.45) is -3.67. The summed E-state index contributed by atoms with van der Waals surface area (Å²) in [4.78, 5) is 7.76. The van der Waals surface area contributed by atoms with Crippen LogP contribution in [0.3, 0.4) is 0 Å². The van der Waals surface area contributed by atoms with Crippen molar-refractivity contribution in [2.24, 2.45) is 0 Å². The van der Waals surface area contributed by atoms with Gasteiger partial charge >= 0.3 is 6.18 Å². The van der Waals surface area contributed by atoms with Crippen molar-refractivity contribution in [1.82, 2.24) is 14.4 Å². The highest BCUT2D eigenvalue weighted by molar-refractivity contribution is 6.30. The normalized spacial score (nSPS) is 11.6. The van der Waals surface area contributed by atoms with E-state index >= 15 is 0 Å². The van der Waals surface area contributed by atoms with E-state index in [1.165, 1.54) is 6.07 Å². The van der Waals surface area contributed by atoms with Crippen molar-refractivity contribution < 1.29 is 13.2 Å². The first-order valence-corrected chi connectivity index (χ1v) is 6.39. The van der Waals surface area contributed by atoms with E-state index < -0.39 is 11.9 Å². The fraction of sp³-hybridized carbons (Fsp3) is 0.0714. The molecule has 1 aromatic carbocycles. The molecule has 2 aromatic heterocycles. The largest absolute Gasteiger partial charge is 0.431 e. The lowest BCUT2D eigenvalue weighted by atomic mass is 10.1. The molecule has 0 aliphatic carbocycles. The molecule has 3 rings (SSSR count). The predicted molar refractivity (Wildman–Crippen MR) is 73.2 cm³/mol. The van der Waals surface area contributed by atoms with E-state index in [2.05, 4.69) is 9.97 Å². The van der Waals surface area contributed by atoms with Crippen LogP contribution < -0.4 is 0 Å². The van der Waals surface area contributed by atoms with Gasteiger partial charge in [0.1, 0.15) is 18.1 Å². The van der Waals surface area contributed by atoms with E-state index in [1.807, 2.05) is 0 Å². The Hall–Kier alpha value is -2.59. The molecule has 0 saturated heterocycles. The number of benzene rings is 1. The Morgan fingerprint density at radius 2 is 2.00 bits per heavy atom. The number of alkyl halides is 3. The minimum absolute atomic E-state index is 0.0688. The SMILES string of the molecule is N#Cc1ncn2c(C(F)(F)F)cc(-c3cccc(Cl)c3)nc12. The third kappa shape index (κ3) is 2.38. The summed E-state index contributed by atoms with van der Waals surface area (Å²) in [5.41, 5.74) is -0.784. The van der Waals surface area contributed by atoms with Crippen LogP contribution in [0.1, 0.15) is 11.4 Å². The van der Waals surface area contributed by atoms with Gasteiger partial charge in [-0.3, -0.25) is 4.40 Å². The number of hydrogen-bond acceptors (Lipinski definition) is 3. The van der Waals surface area contributed by atoms with Crippen LogP contribution in [0.2, 0.25) is 5.02 Å². The highest BCUT2D eigenvalue weighted by atomic mass is 35.5. The third-order valence-corrected chi connectivity index (χ3v) is 3.25. The molecule has 0 spiro atoms. The van der Waals surface area contributed by atoms with E-state index in [4.69, 9.17) is 16.9 Å². The van der Waals surface area contributed by atoms with E-state index in [-0.39, 0.29) is 17.0 Å². The van der Waals surface area contributed by atoms with Gasteiger partial charge in [-0.05, 0) is 18.2 Å². The molecular formula is C14H6ClF3N4. The lowest BCUT2D eigenvalue weighted by Crippen LogP contribution is -2.12. The van der Waals surface area contributed by atoms with Crippen molar-refractivity contribution in [3.05, 3.63) is 53.1 Å². The number of aromatic nitrogens is 3. The van der Waals surface area contributed by atoms with Gasteiger partial charge in [-0.1, -0.05) is 23.7 Å². The van der Waals surface area contributed by atoms with Crippen molar-refractivity contribution in [3.63, 3.8) is 0 Å². The minimum Gasteiger partial charge on any atom is -0.278 e. The highest BCUT2D eigenvalue weighted by Crippen LogP contribution is 2.33. The maximum Gasteiger partial charge on any atom is 0.431 e. The molecule has 0 radical (unpaired) electrons. The maximum atomic E-state index is 13.2. The molecule has 0 N–H and O–H groups in total. The zero-order chi connectivity index (χ0) is 15.9. The molecule has 0 aliphatic heterocycles. The third-order valence-electron chi connectivity index (χ3n) is 3.02. The van der Waals surface area contributed by atoms with Gasteiger partial charge in [0.15, 0.2) is 11.3 Å². The first kappa shape index (κ1) is 14.4. The van der Waals surface area contributed by atoms with Crippen LogP contribution in [-0.2, 0) is 6.18 Å². The number of halogens is 4. The second kappa shape index (κ2) is 5.00. The molecule has 22 heavy (non-hydrogen) atoms. The quantitative estimate of drug-likeness (QED) is 0.682. The highest BCUT2D eigenvalue weighted by Gasteiger charge is 2.35. The minimum atomic E-state index is -4.61. The molecule has 0 atom stereocenters. The number of imidazole rings is 1. The van der Waals surface area contributed by atoms with Crippen LogP contribution in [0.25, 0.3) is 16.9 Å². The van der Waals surface area contributed by atoms with Crippen molar-refractivity contribution in [2.45, 2.75) is 6.18 Å². The molecule has 0 amide bonds. The lowest BCUT2D eigenvalue weighted by Gasteiger charge is -2.11. The van der Waals surface area contributed by atoms with Gasteiger partial charge in [0, 0.05) is 10.6 Å². The van der Waals surface area contributed by atoms with Crippen LogP contribution in [0, 0.1) is 11.3 Å². The van der Waals surface area contributed by atoms with Crippen LogP contribution in [0.5, 0.6) is 0 Å². The Bertz CT molecular complexity index is 909. The predicted octanol–water partition coefficient (Wildman–Crippen LogP) is 3.94. The van der Waals surface area contributed by atoms with Gasteiger partial charge in [0.05, 0.1) is 5.69 Å². The van der Waals surface area contributed by atoms with Crippen LogP contribution in [0.15, 0.2) is 36.7 Å². The molecule has 8 heteroatoms. The molecule has 0 bridgehead atoms. The summed E-state index contributed by atoms with van der Waals surface area (Å²) < 4.78 is 40.4. The number of rotatable bonds is 1. The van der Waals surface area contributed by atoms with E-state index in [0.29, 0.717) is 10.6 Å². The smallest absolute Gasteiger partial charge is 0.278 e. The zero-order valence-corrected chi connectivity index (χ0v) is 11.5. The molecule has 2 heterocycles. The zero-order valence-electron chi connectivity index (χ0n) is 10.8. The first-order chi connectivity index (χ1) is 10.4. The van der Waals surface area contributed by atoms with Gasteiger partial charge in [-0.2, -0.15) is 18.4 Å². The van der Waals surface area contributed by atoms with Crippen molar-refractivity contribution in [2.75, 3.05) is 0 Å². The summed E-state index contributed by atoms with van der Waals surface area (Å²) in [5, 5.41) is 9.33. The number of nitriles is 1. The van der Waals surface area contributed by atoms with Crippen molar-refractivity contribution in [1.29, 1.82) is 5.26 Å². The van der Waals surface area contributed by atoms with Crippen LogP contribution in [0.4, 0.5) is 13.2 Å². The summed E-state index contributed by atoms with van der Waals surface area (Å²) in [5.74, 6) is 0. The average molecular weight is 323 g/mol. The second-order valence-electron chi connectivity index (χ2n) is 4.43. The van der Waals surface area contributed by atoms with Gasteiger partial charge in [0.2, 0.25) is 0 Å². The topological polar surface area (TPSA) is 54.0 Å². The summed E-state index contributed by atoms with van der Waals surface area (Å²) >= 11 is 5.86. The molecule has 3 aromatic rings. The fourth-order valence-corrected chi connectivity index (χ4v) is 2.25. The molecule has 0 unspecified atom stereocenters. The Balaban J connectivity index is 2.35. The molecule has 4 nitrogen and oxygen atoms in total. The molecule has 0 fully saturated rings. The summed E-state index contributed by atoms with van der Waals surface area (Å²) in [6, 6.07) is 8.94. The Morgan fingerprint density at radius 1 is 1.23 bits per heavy atom. The van der Waals surface area contributed by atoms with Gasteiger partial charge in [-0.25, -0.2) is 9.97 Å². The Kier molecular flexibility index (Phi) is 3.26. The summed E-state index contributed by atoms with van der Waals surface area (Å²) in [6.45, 7) is 0. The first-order valence-electron chi connectivity index (χ1n) is 6.01. The maximum absolute atomic E-state index is 13.2. The fourth-order valence-electron chi connectivity index (χ4n) is 2.06. The molecule has 0 aliphatic rings. The summed E-state index contributed by atoms with van der Waals surface area (Å²) in [7, 11) is 0. The standard InChI is InChI=1S/C14H6ClF3N4/c15-9-3-1-2-8(4-9)10-5-12(14(16,17)18)22-7-20-11(6-19)13(22)21-10/h1-5,7H. The number of nitrogens with zero attached hydrogens (tertiary/aromatic N) is 4. The van der Waals surface area contributed by atoms with Crippen molar-refractivity contribution in [3.8, 4) is 17.3 Å². The van der Waals surface area contributed by atoms with E-state index in [1.54, 1.807) is 24.3 Å². The van der Waals surface area contributed by atoms with E-state index in [9.17, 15) is 13.2 Å². The monoisotopic (exact) mass is 322 g/mol. The van der Waals surface area contributed by atoms with Crippen LogP contribution in [-0.4, -0.2) is 14.4 Å². The molecule has 110 valence electrons. The number of fused-ring (bicyclic) bond motifs is 1. The lowest BCUT2D eigenvalue weighted by molar-refractivity contribution is -0.142. The molecular weight excluding hydrogens is 317 g/mol. The van der Waals surface area contributed by atoms with Gasteiger partial charge in [-0.15, -0.1) is 0 Å². The van der Waals surface area contributed by atoms with Crippen LogP contribution >= 0.6 is 11.6 Å². The average Bonchev–Trinajstić information content (AvgIpc) is 2.88. The second-order valence-corrected chi connectivity index (χ2v) is 4.87. The van der Waals surface area contributed by atoms with Gasteiger partial charge < -0.3 is 0 Å². The Morgan fingerprint density at radius 3 is 2.64 bits per heavy atom. The van der Waals surface area contributed by atoms with Crippen molar-refractivity contribution >= 4 is 17.2 Å². The van der Waals surface area contributed by atoms with Gasteiger partial charge in [0.25, 0.3) is 0 Å². The van der Waals surface area contributed by atoms with E-state index in [0.717, 1.165) is 16.8 Å². The molecule has 0 saturated carbocycles. The Labute approximate surface area is 127 Å².